The SMILES string of the molecule is CCCC(=O)N1CCC(n2cnc(-c3ccc(F)cc3)c2-c2ccc3nc(CC(=O)c4ccnc(F)c4)cn3n2)CC1. The minimum atomic E-state index is -0.714. The van der Waals surface area contributed by atoms with Crippen LogP contribution in [-0.4, -0.2) is 58.8 Å². The Kier molecular flexibility index (Phi) is 7.56. The number of fused-ring (bicyclic) bond motifs is 1. The first-order valence-corrected chi connectivity index (χ1v) is 14.0. The first-order valence-electron chi connectivity index (χ1n) is 14.0. The predicted octanol–water partition coefficient (Wildman–Crippen LogP) is 5.32. The highest BCUT2D eigenvalue weighted by Crippen LogP contribution is 2.35. The van der Waals surface area contributed by atoms with Gasteiger partial charge in [0, 0.05) is 48.9 Å². The van der Waals surface area contributed by atoms with Gasteiger partial charge in [0.25, 0.3) is 0 Å². The molecule has 0 saturated carbocycles. The molecule has 0 N–H and O–H groups in total. The van der Waals surface area contributed by atoms with Crippen LogP contribution < -0.4 is 0 Å². The van der Waals surface area contributed by atoms with Gasteiger partial charge in [0.2, 0.25) is 11.9 Å². The van der Waals surface area contributed by atoms with Gasteiger partial charge in [-0.1, -0.05) is 6.92 Å². The van der Waals surface area contributed by atoms with Gasteiger partial charge in [0.05, 0.1) is 36.0 Å². The molecule has 4 aromatic heterocycles. The third-order valence-electron chi connectivity index (χ3n) is 7.59. The highest BCUT2D eigenvalue weighted by Gasteiger charge is 2.27. The summed E-state index contributed by atoms with van der Waals surface area (Å²) in [5, 5.41) is 4.83. The fraction of sp³-hybridized carbons (Fsp3) is 0.290. The second-order valence-electron chi connectivity index (χ2n) is 10.4. The second-order valence-corrected chi connectivity index (χ2v) is 10.4. The number of carbonyl (C=O) groups is 2. The number of pyridine rings is 1. The molecule has 0 aliphatic carbocycles. The van der Waals surface area contributed by atoms with Crippen LogP contribution in [0.2, 0.25) is 0 Å². The van der Waals surface area contributed by atoms with E-state index in [-0.39, 0.29) is 35.5 Å². The highest BCUT2D eigenvalue weighted by molar-refractivity contribution is 5.97. The number of hydrogen-bond acceptors (Lipinski definition) is 6. The van der Waals surface area contributed by atoms with Gasteiger partial charge in [0.15, 0.2) is 11.4 Å². The third-order valence-corrected chi connectivity index (χ3v) is 7.59. The van der Waals surface area contributed by atoms with Gasteiger partial charge in [0.1, 0.15) is 11.5 Å². The summed E-state index contributed by atoms with van der Waals surface area (Å²) in [6.45, 7) is 3.34. The topological polar surface area (TPSA) is 98.3 Å². The molecule has 6 rings (SSSR count). The molecule has 214 valence electrons. The molecule has 1 amide bonds. The molecule has 1 aliphatic rings. The van der Waals surface area contributed by atoms with Crippen molar-refractivity contribution in [3.8, 4) is 22.6 Å². The lowest BCUT2D eigenvalue weighted by molar-refractivity contribution is -0.132. The Labute approximate surface area is 240 Å². The van der Waals surface area contributed by atoms with E-state index in [2.05, 4.69) is 14.5 Å². The van der Waals surface area contributed by atoms with Crippen molar-refractivity contribution in [2.24, 2.45) is 0 Å². The molecular weight excluding hydrogens is 540 g/mol. The molecule has 9 nitrogen and oxygen atoms in total. The quantitative estimate of drug-likeness (QED) is 0.185. The zero-order valence-electron chi connectivity index (χ0n) is 23.1. The zero-order valence-corrected chi connectivity index (χ0v) is 23.1. The number of nitrogens with zero attached hydrogens (tertiary/aromatic N) is 7. The number of ketones is 1. The lowest BCUT2D eigenvalue weighted by atomic mass is 10.0. The minimum absolute atomic E-state index is 0.0176. The lowest BCUT2D eigenvalue weighted by Gasteiger charge is -2.33. The number of carbonyl (C=O) groups excluding carboxylic acids is 2. The van der Waals surface area contributed by atoms with E-state index in [0.717, 1.165) is 36.6 Å². The molecule has 0 unspecified atom stereocenters. The first-order chi connectivity index (χ1) is 20.4. The molecule has 5 heterocycles. The Morgan fingerprint density at radius 3 is 2.52 bits per heavy atom. The van der Waals surface area contributed by atoms with E-state index in [1.165, 1.54) is 24.4 Å². The molecule has 0 bridgehead atoms. The number of hydrogen-bond donors (Lipinski definition) is 0. The van der Waals surface area contributed by atoms with E-state index < -0.39 is 5.95 Å². The molecule has 0 atom stereocenters. The molecule has 1 aliphatic heterocycles. The van der Waals surface area contributed by atoms with Crippen molar-refractivity contribution in [3.63, 3.8) is 0 Å². The van der Waals surface area contributed by atoms with Crippen molar-refractivity contribution >= 4 is 17.3 Å². The van der Waals surface area contributed by atoms with Gasteiger partial charge < -0.3 is 9.47 Å². The number of aromatic nitrogens is 6. The zero-order chi connectivity index (χ0) is 29.2. The Morgan fingerprint density at radius 2 is 1.79 bits per heavy atom. The van der Waals surface area contributed by atoms with Crippen LogP contribution in [0.1, 0.15) is 54.7 Å². The van der Waals surface area contributed by atoms with Crippen molar-refractivity contribution in [3.05, 3.63) is 90.3 Å². The van der Waals surface area contributed by atoms with Gasteiger partial charge in [-0.15, -0.1) is 0 Å². The molecule has 5 aromatic rings. The molecule has 1 aromatic carbocycles. The number of imidazole rings is 2. The number of halogens is 2. The normalized spacial score (nSPS) is 14.0. The summed E-state index contributed by atoms with van der Waals surface area (Å²) in [4.78, 5) is 39.9. The fourth-order valence-corrected chi connectivity index (χ4v) is 5.46. The van der Waals surface area contributed by atoms with E-state index in [0.29, 0.717) is 42.2 Å². The second kappa shape index (κ2) is 11.6. The molecular formula is C31H29F2N7O2. The van der Waals surface area contributed by atoms with Crippen LogP contribution in [0.5, 0.6) is 0 Å². The lowest BCUT2D eigenvalue weighted by Crippen LogP contribution is -2.38. The summed E-state index contributed by atoms with van der Waals surface area (Å²) in [5.41, 5.74) is 4.11. The Balaban J connectivity index is 1.33. The number of benzene rings is 1. The highest BCUT2D eigenvalue weighted by atomic mass is 19.1. The van der Waals surface area contributed by atoms with Crippen LogP contribution in [0.25, 0.3) is 28.3 Å². The summed E-state index contributed by atoms with van der Waals surface area (Å²) in [5.74, 6) is -1.14. The van der Waals surface area contributed by atoms with Crippen LogP contribution in [0.4, 0.5) is 8.78 Å². The van der Waals surface area contributed by atoms with E-state index >= 15 is 0 Å². The van der Waals surface area contributed by atoms with Crippen molar-refractivity contribution in [1.29, 1.82) is 0 Å². The Bertz CT molecular complexity index is 1760. The van der Waals surface area contributed by atoms with Crippen LogP contribution in [0, 0.1) is 11.8 Å². The number of Topliss-reactive ketones (excluding diaryl/α,β-unsaturated/α-hetero) is 1. The maximum atomic E-state index is 13.7. The summed E-state index contributed by atoms with van der Waals surface area (Å²) < 4.78 is 31.0. The largest absolute Gasteiger partial charge is 0.343 e. The smallest absolute Gasteiger partial charge is 0.222 e. The number of piperidine rings is 1. The molecule has 1 fully saturated rings. The average Bonchev–Trinajstić information content (AvgIpc) is 3.61. The van der Waals surface area contributed by atoms with Crippen molar-refractivity contribution < 1.29 is 18.4 Å². The number of amides is 1. The predicted molar refractivity (Wildman–Crippen MR) is 152 cm³/mol. The van der Waals surface area contributed by atoms with E-state index in [4.69, 9.17) is 10.1 Å². The van der Waals surface area contributed by atoms with Gasteiger partial charge in [-0.25, -0.2) is 23.9 Å². The first kappa shape index (κ1) is 27.4. The average molecular weight is 570 g/mol. The Hall–Kier alpha value is -4.80. The van der Waals surface area contributed by atoms with Crippen LogP contribution in [0.3, 0.4) is 0 Å². The van der Waals surface area contributed by atoms with Crippen molar-refractivity contribution in [2.45, 2.75) is 45.1 Å². The molecule has 1 saturated heterocycles. The van der Waals surface area contributed by atoms with E-state index in [1.54, 1.807) is 29.2 Å². The van der Waals surface area contributed by atoms with Crippen LogP contribution in [0.15, 0.2) is 67.3 Å². The van der Waals surface area contributed by atoms with Crippen molar-refractivity contribution in [1.82, 2.24) is 34.0 Å². The molecule has 42 heavy (non-hydrogen) atoms. The van der Waals surface area contributed by atoms with Gasteiger partial charge in [-0.3, -0.25) is 9.59 Å². The third kappa shape index (κ3) is 5.54. The van der Waals surface area contributed by atoms with Gasteiger partial charge in [-0.05, 0) is 61.7 Å². The molecule has 0 spiro atoms. The minimum Gasteiger partial charge on any atom is -0.343 e. The summed E-state index contributed by atoms with van der Waals surface area (Å²) in [7, 11) is 0. The van der Waals surface area contributed by atoms with Gasteiger partial charge in [-0.2, -0.15) is 9.49 Å². The van der Waals surface area contributed by atoms with E-state index in [1.807, 2.05) is 24.0 Å². The molecule has 11 heteroatoms. The maximum absolute atomic E-state index is 13.7. The standard InChI is InChI=1S/C31H29F2N7O2/c1-2-3-29(42)38-14-11-24(12-15-38)39-19-35-30(20-4-6-22(32)7-5-20)31(39)25-8-9-28-36-23(18-40(28)37-25)17-26(41)21-10-13-34-27(33)16-21/h4-10,13,16,18-19,24H,2-3,11-12,14-15,17H2,1H3. The summed E-state index contributed by atoms with van der Waals surface area (Å²) in [6, 6.07) is 12.5. The summed E-state index contributed by atoms with van der Waals surface area (Å²) in [6.07, 6.45) is 7.65. The van der Waals surface area contributed by atoms with Crippen LogP contribution >= 0.6 is 0 Å². The van der Waals surface area contributed by atoms with Crippen molar-refractivity contribution in [2.75, 3.05) is 13.1 Å². The van der Waals surface area contributed by atoms with Gasteiger partial charge >= 0.3 is 0 Å². The fourth-order valence-electron chi connectivity index (χ4n) is 5.46. The van der Waals surface area contributed by atoms with Crippen LogP contribution in [-0.2, 0) is 11.2 Å². The summed E-state index contributed by atoms with van der Waals surface area (Å²) >= 11 is 0. The maximum Gasteiger partial charge on any atom is 0.222 e. The number of likely N-dealkylation sites (tertiary alicyclic amines) is 1. The Morgan fingerprint density at radius 1 is 1.00 bits per heavy atom. The number of rotatable bonds is 8. The van der Waals surface area contributed by atoms with E-state index in [9.17, 15) is 18.4 Å². The molecule has 0 radical (unpaired) electrons. The monoisotopic (exact) mass is 569 g/mol.